The van der Waals surface area contributed by atoms with Gasteiger partial charge in [-0.3, -0.25) is 14.5 Å². The number of Topliss-reactive ketones (excluding diaryl/α,β-unsaturated/α-hetero) is 1. The number of carbonyl (C=O) groups excluding carboxylic acids is 2. The normalized spacial score (nSPS) is 16.5. The van der Waals surface area contributed by atoms with E-state index in [4.69, 9.17) is 19.4 Å². The van der Waals surface area contributed by atoms with Gasteiger partial charge in [-0.05, 0) is 74.2 Å². The zero-order chi connectivity index (χ0) is 30.4. The van der Waals surface area contributed by atoms with Crippen molar-refractivity contribution in [1.29, 1.82) is 0 Å². The number of ether oxygens (including phenoxy) is 2. The zero-order valence-corrected chi connectivity index (χ0v) is 25.5. The molecule has 0 bridgehead atoms. The summed E-state index contributed by atoms with van der Waals surface area (Å²) in [6.45, 7) is 8.35. The highest BCUT2D eigenvalue weighted by molar-refractivity contribution is 7.22. The lowest BCUT2D eigenvalue weighted by molar-refractivity contribution is -0.132. The summed E-state index contributed by atoms with van der Waals surface area (Å²) in [7, 11) is 1.54. The Bertz CT molecular complexity index is 1940. The molecule has 1 saturated heterocycles. The first-order chi connectivity index (χ1) is 20.7. The van der Waals surface area contributed by atoms with Crippen molar-refractivity contribution >= 4 is 49.8 Å². The number of aryl methyl sites for hydroxylation is 3. The highest BCUT2D eigenvalue weighted by atomic mass is 32.1. The highest BCUT2D eigenvalue weighted by Crippen LogP contribution is 2.46. The molecule has 1 fully saturated rings. The van der Waals surface area contributed by atoms with Crippen LogP contribution in [0.25, 0.3) is 21.6 Å². The molecule has 0 spiro atoms. The Morgan fingerprint density at radius 1 is 1.05 bits per heavy atom. The van der Waals surface area contributed by atoms with Crippen LogP contribution >= 0.6 is 11.3 Å². The molecule has 220 valence electrons. The van der Waals surface area contributed by atoms with Gasteiger partial charge < -0.3 is 19.0 Å². The Balaban J connectivity index is 1.56. The average molecular weight is 597 g/mol. The number of nitrogens with zero attached hydrogens (tertiary/aromatic N) is 4. The number of aliphatic hydroxyl groups excluding tert-OH is 1. The third kappa shape index (κ3) is 4.81. The number of aliphatic hydroxyl groups is 1. The molecule has 3 aromatic heterocycles. The number of hydrogen-bond donors (Lipinski definition) is 1. The summed E-state index contributed by atoms with van der Waals surface area (Å²) in [5.74, 6) is -0.918. The Morgan fingerprint density at radius 3 is 2.60 bits per heavy atom. The van der Waals surface area contributed by atoms with Crippen molar-refractivity contribution in [2.75, 3.05) is 18.6 Å². The molecule has 0 aliphatic carbocycles. The number of hydrogen-bond acceptors (Lipinski definition) is 8. The van der Waals surface area contributed by atoms with Crippen molar-refractivity contribution in [2.24, 2.45) is 0 Å². The van der Waals surface area contributed by atoms with Gasteiger partial charge in [-0.15, -0.1) is 0 Å². The Kier molecular flexibility index (Phi) is 7.39. The fourth-order valence-corrected chi connectivity index (χ4v) is 6.53. The standard InChI is InChI=1S/C33H32N4O5S/c1-6-7-15-42-23-13-11-21(17-24(23)41-5)28-26(29(38)27-20(4)36-14-8-9-19(3)31(36)35-27)30(39)32(40)37(28)33-34-22-12-10-18(2)16-25(22)43-33/h8-14,16-17,28,38H,6-7,15H2,1-5H3. The number of imidazole rings is 1. The van der Waals surface area contributed by atoms with E-state index in [0.717, 1.165) is 34.2 Å². The maximum absolute atomic E-state index is 13.8. The minimum Gasteiger partial charge on any atom is -0.505 e. The molecule has 0 radical (unpaired) electrons. The molecule has 1 atom stereocenters. The van der Waals surface area contributed by atoms with Crippen molar-refractivity contribution in [3.8, 4) is 11.5 Å². The van der Waals surface area contributed by atoms with Gasteiger partial charge in [0.15, 0.2) is 22.4 Å². The number of amides is 1. The first-order valence-corrected chi connectivity index (χ1v) is 15.0. The van der Waals surface area contributed by atoms with Crippen LogP contribution in [0.5, 0.6) is 11.5 Å². The van der Waals surface area contributed by atoms with E-state index in [1.54, 1.807) is 25.3 Å². The van der Waals surface area contributed by atoms with Gasteiger partial charge in [0.25, 0.3) is 5.78 Å². The van der Waals surface area contributed by atoms with Crippen molar-refractivity contribution in [3.05, 3.63) is 88.4 Å². The molecule has 1 aliphatic heterocycles. The number of anilines is 1. The van der Waals surface area contributed by atoms with Crippen LogP contribution in [0.4, 0.5) is 5.13 Å². The summed E-state index contributed by atoms with van der Waals surface area (Å²) in [4.78, 5) is 38.4. The second-order valence-corrected chi connectivity index (χ2v) is 11.7. The molecule has 6 rings (SSSR count). The lowest BCUT2D eigenvalue weighted by Gasteiger charge is -2.23. The molecule has 1 amide bonds. The number of aromatic nitrogens is 3. The van der Waals surface area contributed by atoms with Gasteiger partial charge in [-0.25, -0.2) is 9.97 Å². The number of ketones is 1. The number of benzene rings is 2. The minimum absolute atomic E-state index is 0.0636. The van der Waals surface area contributed by atoms with Gasteiger partial charge in [0, 0.05) is 6.20 Å². The van der Waals surface area contributed by atoms with E-state index in [2.05, 4.69) is 6.92 Å². The van der Waals surface area contributed by atoms with E-state index < -0.39 is 17.7 Å². The third-order valence-electron chi connectivity index (χ3n) is 7.75. The smallest absolute Gasteiger partial charge is 0.301 e. The Hall–Kier alpha value is -4.70. The number of fused-ring (bicyclic) bond motifs is 2. The largest absolute Gasteiger partial charge is 0.505 e. The van der Waals surface area contributed by atoms with E-state index in [1.165, 1.54) is 16.2 Å². The van der Waals surface area contributed by atoms with Crippen molar-refractivity contribution in [2.45, 2.75) is 46.6 Å². The first-order valence-electron chi connectivity index (χ1n) is 14.2. The van der Waals surface area contributed by atoms with Crippen LogP contribution in [0.1, 0.15) is 53.9 Å². The summed E-state index contributed by atoms with van der Waals surface area (Å²) in [6, 6.07) is 14.0. The van der Waals surface area contributed by atoms with Crippen molar-refractivity contribution in [3.63, 3.8) is 0 Å². The summed E-state index contributed by atoms with van der Waals surface area (Å²) in [6.07, 6.45) is 3.72. The number of methoxy groups -OCH3 is 1. The molecule has 10 heteroatoms. The van der Waals surface area contributed by atoms with Crippen LogP contribution < -0.4 is 14.4 Å². The summed E-state index contributed by atoms with van der Waals surface area (Å²) < 4.78 is 14.3. The number of carbonyl (C=O) groups is 2. The fraction of sp³-hybridized carbons (Fsp3) is 0.273. The fourth-order valence-electron chi connectivity index (χ4n) is 5.44. The third-order valence-corrected chi connectivity index (χ3v) is 8.77. The maximum Gasteiger partial charge on any atom is 0.301 e. The topological polar surface area (TPSA) is 106 Å². The predicted molar refractivity (Wildman–Crippen MR) is 167 cm³/mol. The molecule has 1 aliphatic rings. The van der Waals surface area contributed by atoms with Gasteiger partial charge in [0.2, 0.25) is 0 Å². The van der Waals surface area contributed by atoms with Gasteiger partial charge in [0.05, 0.1) is 41.2 Å². The zero-order valence-electron chi connectivity index (χ0n) is 24.7. The molecule has 4 heterocycles. The Morgan fingerprint density at radius 2 is 1.86 bits per heavy atom. The highest BCUT2D eigenvalue weighted by Gasteiger charge is 2.49. The molecular weight excluding hydrogens is 564 g/mol. The number of pyridine rings is 1. The van der Waals surface area contributed by atoms with E-state index in [0.29, 0.717) is 40.1 Å². The second-order valence-electron chi connectivity index (χ2n) is 10.7. The lowest BCUT2D eigenvalue weighted by Crippen LogP contribution is -2.29. The van der Waals surface area contributed by atoms with Crippen LogP contribution in [0.2, 0.25) is 0 Å². The maximum atomic E-state index is 13.8. The number of thiazole rings is 1. The van der Waals surface area contributed by atoms with E-state index in [9.17, 15) is 14.7 Å². The van der Waals surface area contributed by atoms with Crippen LogP contribution in [0.15, 0.2) is 60.3 Å². The molecule has 1 N–H and O–H groups in total. The molecule has 1 unspecified atom stereocenters. The van der Waals surface area contributed by atoms with Crippen molar-refractivity contribution < 1.29 is 24.2 Å². The molecule has 43 heavy (non-hydrogen) atoms. The van der Waals surface area contributed by atoms with Gasteiger partial charge in [-0.1, -0.05) is 42.9 Å². The van der Waals surface area contributed by atoms with E-state index in [-0.39, 0.29) is 17.0 Å². The van der Waals surface area contributed by atoms with Gasteiger partial charge >= 0.3 is 5.91 Å². The van der Waals surface area contributed by atoms with E-state index in [1.807, 2.05) is 61.7 Å². The Labute approximate surface area is 253 Å². The second kappa shape index (κ2) is 11.2. The average Bonchev–Trinajstić information content (AvgIpc) is 3.65. The van der Waals surface area contributed by atoms with Crippen LogP contribution in [0.3, 0.4) is 0 Å². The van der Waals surface area contributed by atoms with Crippen LogP contribution in [0, 0.1) is 20.8 Å². The molecular formula is C33H32N4O5S. The predicted octanol–water partition coefficient (Wildman–Crippen LogP) is 6.68. The number of unbranched alkanes of at least 4 members (excludes halogenated alkanes) is 1. The van der Waals surface area contributed by atoms with Crippen LogP contribution in [-0.2, 0) is 9.59 Å². The lowest BCUT2D eigenvalue weighted by atomic mass is 9.96. The molecule has 2 aromatic carbocycles. The quantitative estimate of drug-likeness (QED) is 0.0921. The van der Waals surface area contributed by atoms with Gasteiger partial charge in [-0.2, -0.15) is 0 Å². The van der Waals surface area contributed by atoms with Crippen LogP contribution in [-0.4, -0.2) is 44.9 Å². The number of rotatable bonds is 8. The van der Waals surface area contributed by atoms with Crippen molar-refractivity contribution in [1.82, 2.24) is 14.4 Å². The first kappa shape index (κ1) is 28.4. The summed E-state index contributed by atoms with van der Waals surface area (Å²) >= 11 is 1.32. The minimum atomic E-state index is -0.981. The van der Waals surface area contributed by atoms with Gasteiger partial charge in [0.1, 0.15) is 11.3 Å². The summed E-state index contributed by atoms with van der Waals surface area (Å²) in [5.41, 5.74) is 4.73. The molecule has 0 saturated carbocycles. The van der Waals surface area contributed by atoms with E-state index >= 15 is 0 Å². The molecule has 9 nitrogen and oxygen atoms in total. The molecule has 5 aromatic rings. The SMILES string of the molecule is CCCCOc1ccc(C2C(=C(O)c3nc4c(C)cccn4c3C)C(=O)C(=O)N2c2nc3ccc(C)cc3s2)cc1OC. The monoisotopic (exact) mass is 596 g/mol. The summed E-state index contributed by atoms with van der Waals surface area (Å²) in [5, 5.41) is 12.2.